The topological polar surface area (TPSA) is 60.9 Å². The lowest BCUT2D eigenvalue weighted by atomic mass is 10.1. The van der Waals surface area contributed by atoms with E-state index in [1.807, 2.05) is 0 Å². The molecule has 0 aliphatic carbocycles. The molecule has 0 spiro atoms. The van der Waals surface area contributed by atoms with Crippen LogP contribution in [0.3, 0.4) is 0 Å². The number of fused-ring (bicyclic) bond motifs is 1. The molecule has 1 aliphatic rings. The maximum absolute atomic E-state index is 12.2. The van der Waals surface area contributed by atoms with E-state index < -0.39 is 6.10 Å². The highest BCUT2D eigenvalue weighted by Gasteiger charge is 2.34. The minimum atomic E-state index is -0.532. The molecular weight excluding hydrogens is 280 g/mol. The van der Waals surface area contributed by atoms with Gasteiger partial charge in [-0.25, -0.2) is 0 Å². The Balaban J connectivity index is 1.90. The second-order valence-electron chi connectivity index (χ2n) is 5.64. The van der Waals surface area contributed by atoms with Crippen molar-refractivity contribution in [1.82, 2.24) is 9.80 Å². The summed E-state index contributed by atoms with van der Waals surface area (Å²) in [5.41, 5.74) is 0.923. The van der Waals surface area contributed by atoms with E-state index in [0.717, 1.165) is 19.5 Å². The van der Waals surface area contributed by atoms with E-state index in [0.29, 0.717) is 24.1 Å². The number of aliphatic hydroxyl groups excluding tert-OH is 1. The van der Waals surface area contributed by atoms with Gasteiger partial charge in [-0.1, -0.05) is 26.0 Å². The first-order chi connectivity index (χ1) is 10.6. The van der Waals surface area contributed by atoms with Gasteiger partial charge in [0.05, 0.1) is 17.2 Å². The summed E-state index contributed by atoms with van der Waals surface area (Å²) in [5.74, 6) is -0.512. The highest BCUT2D eigenvalue weighted by atomic mass is 16.3. The average molecular weight is 304 g/mol. The van der Waals surface area contributed by atoms with Crippen LogP contribution in [0.1, 0.15) is 47.4 Å². The molecule has 1 unspecified atom stereocenters. The van der Waals surface area contributed by atoms with Crippen molar-refractivity contribution in [3.8, 4) is 0 Å². The monoisotopic (exact) mass is 304 g/mol. The van der Waals surface area contributed by atoms with Crippen LogP contribution in [0.5, 0.6) is 0 Å². The molecule has 22 heavy (non-hydrogen) atoms. The van der Waals surface area contributed by atoms with Crippen molar-refractivity contribution in [3.63, 3.8) is 0 Å². The summed E-state index contributed by atoms with van der Waals surface area (Å²) in [4.78, 5) is 27.8. The number of carbonyl (C=O) groups is 2. The minimum Gasteiger partial charge on any atom is -0.392 e. The zero-order valence-electron chi connectivity index (χ0n) is 13.3. The number of imide groups is 1. The number of hydrogen-bond acceptors (Lipinski definition) is 4. The lowest BCUT2D eigenvalue weighted by Crippen LogP contribution is -2.37. The first-order valence-electron chi connectivity index (χ1n) is 7.94. The largest absolute Gasteiger partial charge is 0.392 e. The summed E-state index contributed by atoms with van der Waals surface area (Å²) >= 11 is 0. The standard InChI is InChI=1S/C17H24N2O3/c1-3-10-18(4-2)12-13(20)9-11-19-16(21)14-7-5-6-8-15(14)17(19)22/h5-8,13,20H,3-4,9-12H2,1-2H3. The number of nitrogens with zero attached hydrogens (tertiary/aromatic N) is 2. The van der Waals surface area contributed by atoms with Gasteiger partial charge < -0.3 is 10.0 Å². The maximum atomic E-state index is 12.2. The van der Waals surface area contributed by atoms with Crippen LogP contribution in [0.15, 0.2) is 24.3 Å². The van der Waals surface area contributed by atoms with Gasteiger partial charge in [-0.2, -0.15) is 0 Å². The SMILES string of the molecule is CCCN(CC)CC(O)CCN1C(=O)c2ccccc2C1=O. The van der Waals surface area contributed by atoms with Crippen LogP contribution in [0.25, 0.3) is 0 Å². The third-order valence-electron chi connectivity index (χ3n) is 4.02. The lowest BCUT2D eigenvalue weighted by Gasteiger charge is -2.24. The third-order valence-corrected chi connectivity index (χ3v) is 4.02. The van der Waals surface area contributed by atoms with Crippen molar-refractivity contribution in [1.29, 1.82) is 0 Å². The van der Waals surface area contributed by atoms with Crippen molar-refractivity contribution in [2.45, 2.75) is 32.8 Å². The van der Waals surface area contributed by atoms with Crippen LogP contribution in [0, 0.1) is 0 Å². The highest BCUT2D eigenvalue weighted by Crippen LogP contribution is 2.22. The summed E-state index contributed by atoms with van der Waals surface area (Å²) in [6.45, 7) is 6.84. The first kappa shape index (κ1) is 16.6. The van der Waals surface area contributed by atoms with E-state index >= 15 is 0 Å². The van der Waals surface area contributed by atoms with Crippen LogP contribution < -0.4 is 0 Å². The van der Waals surface area contributed by atoms with Gasteiger partial charge in [0.2, 0.25) is 0 Å². The molecule has 2 rings (SSSR count). The molecule has 1 atom stereocenters. The van der Waals surface area contributed by atoms with Gasteiger partial charge in [-0.3, -0.25) is 14.5 Å². The van der Waals surface area contributed by atoms with Gasteiger partial charge in [0.25, 0.3) is 11.8 Å². The van der Waals surface area contributed by atoms with Crippen molar-refractivity contribution >= 4 is 11.8 Å². The van der Waals surface area contributed by atoms with Crippen molar-refractivity contribution in [3.05, 3.63) is 35.4 Å². The highest BCUT2D eigenvalue weighted by molar-refractivity contribution is 6.21. The van der Waals surface area contributed by atoms with Crippen LogP contribution in [-0.2, 0) is 0 Å². The smallest absolute Gasteiger partial charge is 0.261 e. The van der Waals surface area contributed by atoms with Crippen LogP contribution in [0.2, 0.25) is 0 Å². The molecule has 0 aromatic heterocycles. The molecule has 5 nitrogen and oxygen atoms in total. The van der Waals surface area contributed by atoms with Gasteiger partial charge in [0.1, 0.15) is 0 Å². The number of rotatable bonds is 8. The van der Waals surface area contributed by atoms with Crippen LogP contribution >= 0.6 is 0 Å². The van der Waals surface area contributed by atoms with Gasteiger partial charge in [0.15, 0.2) is 0 Å². The van der Waals surface area contributed by atoms with Crippen molar-refractivity contribution in [2.75, 3.05) is 26.2 Å². The fourth-order valence-corrected chi connectivity index (χ4v) is 2.80. The second kappa shape index (κ2) is 7.51. The van der Waals surface area contributed by atoms with Crippen LogP contribution in [-0.4, -0.2) is 59.0 Å². The van der Waals surface area contributed by atoms with E-state index in [1.165, 1.54) is 4.90 Å². The summed E-state index contributed by atoms with van der Waals surface area (Å²) in [5, 5.41) is 10.1. The number of hydrogen-bond donors (Lipinski definition) is 1. The number of carbonyl (C=O) groups excluding carboxylic acids is 2. The van der Waals surface area contributed by atoms with Gasteiger partial charge in [0, 0.05) is 13.1 Å². The molecule has 0 saturated heterocycles. The normalized spacial score (nSPS) is 15.5. The molecule has 1 N–H and O–H groups in total. The minimum absolute atomic E-state index is 0.256. The average Bonchev–Trinajstić information content (AvgIpc) is 2.77. The number of likely N-dealkylation sites (N-methyl/N-ethyl adjacent to an activating group) is 1. The van der Waals surface area contributed by atoms with E-state index in [9.17, 15) is 14.7 Å². The van der Waals surface area contributed by atoms with Gasteiger partial charge >= 0.3 is 0 Å². The van der Waals surface area contributed by atoms with E-state index in [1.54, 1.807) is 24.3 Å². The predicted molar refractivity (Wildman–Crippen MR) is 84.8 cm³/mol. The first-order valence-corrected chi connectivity index (χ1v) is 7.94. The fourth-order valence-electron chi connectivity index (χ4n) is 2.80. The Morgan fingerprint density at radius 1 is 1.14 bits per heavy atom. The van der Waals surface area contributed by atoms with Crippen molar-refractivity contribution < 1.29 is 14.7 Å². The molecule has 2 amide bonds. The fraction of sp³-hybridized carbons (Fsp3) is 0.529. The van der Waals surface area contributed by atoms with E-state index in [2.05, 4.69) is 18.7 Å². The van der Waals surface area contributed by atoms with E-state index in [4.69, 9.17) is 0 Å². The van der Waals surface area contributed by atoms with Gasteiger partial charge in [-0.05, 0) is 38.1 Å². The lowest BCUT2D eigenvalue weighted by molar-refractivity contribution is 0.0595. The Bertz CT molecular complexity index is 509. The number of aliphatic hydroxyl groups is 1. The molecule has 1 heterocycles. The Hall–Kier alpha value is -1.72. The quantitative estimate of drug-likeness (QED) is 0.744. The zero-order chi connectivity index (χ0) is 16.1. The number of amides is 2. The molecule has 0 bridgehead atoms. The molecule has 0 saturated carbocycles. The summed E-state index contributed by atoms with van der Waals surface area (Å²) in [6.07, 6.45) is 0.917. The molecule has 120 valence electrons. The summed E-state index contributed by atoms with van der Waals surface area (Å²) < 4.78 is 0. The van der Waals surface area contributed by atoms with Crippen molar-refractivity contribution in [2.24, 2.45) is 0 Å². The molecule has 0 fully saturated rings. The third kappa shape index (κ3) is 3.54. The molecular formula is C17H24N2O3. The predicted octanol–water partition coefficient (Wildman–Crippen LogP) is 1.77. The molecule has 1 aromatic carbocycles. The molecule has 0 radical (unpaired) electrons. The molecule has 1 aromatic rings. The van der Waals surface area contributed by atoms with E-state index in [-0.39, 0.29) is 18.4 Å². The summed E-state index contributed by atoms with van der Waals surface area (Å²) in [6, 6.07) is 6.86. The maximum Gasteiger partial charge on any atom is 0.261 e. The Labute approximate surface area is 131 Å². The Morgan fingerprint density at radius 2 is 1.73 bits per heavy atom. The Morgan fingerprint density at radius 3 is 2.23 bits per heavy atom. The molecule has 5 heteroatoms. The number of benzene rings is 1. The Kier molecular flexibility index (Phi) is 5.69. The van der Waals surface area contributed by atoms with Crippen LogP contribution in [0.4, 0.5) is 0 Å². The zero-order valence-corrected chi connectivity index (χ0v) is 13.3. The molecule has 1 aliphatic heterocycles. The second-order valence-corrected chi connectivity index (χ2v) is 5.64. The summed E-state index contributed by atoms with van der Waals surface area (Å²) in [7, 11) is 0. The van der Waals surface area contributed by atoms with Gasteiger partial charge in [-0.15, -0.1) is 0 Å².